The highest BCUT2D eigenvalue weighted by Gasteiger charge is 2.24. The van der Waals surface area contributed by atoms with Gasteiger partial charge in [-0.1, -0.05) is 0 Å². The third-order valence-electron chi connectivity index (χ3n) is 2.92. The fourth-order valence-corrected chi connectivity index (χ4v) is 3.25. The maximum atomic E-state index is 12.4. The molecule has 0 bridgehead atoms. The van der Waals surface area contributed by atoms with Crippen LogP contribution >= 0.6 is 0 Å². The molecule has 0 aliphatic carbocycles. The van der Waals surface area contributed by atoms with E-state index in [1.54, 1.807) is 30.9 Å². The van der Waals surface area contributed by atoms with Gasteiger partial charge in [0.15, 0.2) is 0 Å². The standard InChI is InChI=1S/C11H18N6O2S/c1-8-11(9(6-12-2)16-15-8)20(18,19)14-7-10-13-4-5-17(10)3/h4-5,12,14H,6-7H2,1-3H3,(H,15,16). The van der Waals surface area contributed by atoms with Gasteiger partial charge in [0.1, 0.15) is 10.7 Å². The zero-order chi connectivity index (χ0) is 14.8. The second-order valence-electron chi connectivity index (χ2n) is 4.43. The summed E-state index contributed by atoms with van der Waals surface area (Å²) in [5.74, 6) is 0.643. The van der Waals surface area contributed by atoms with Crippen molar-refractivity contribution in [1.29, 1.82) is 0 Å². The highest BCUT2D eigenvalue weighted by Crippen LogP contribution is 2.17. The molecule has 0 radical (unpaired) electrons. The van der Waals surface area contributed by atoms with E-state index in [9.17, 15) is 8.42 Å². The van der Waals surface area contributed by atoms with Gasteiger partial charge in [-0.05, 0) is 14.0 Å². The number of hydrogen-bond donors (Lipinski definition) is 3. The van der Waals surface area contributed by atoms with Gasteiger partial charge in [0.25, 0.3) is 0 Å². The lowest BCUT2D eigenvalue weighted by Gasteiger charge is -2.08. The molecule has 0 amide bonds. The lowest BCUT2D eigenvalue weighted by Crippen LogP contribution is -2.26. The Labute approximate surface area is 117 Å². The van der Waals surface area contributed by atoms with Crippen molar-refractivity contribution in [3.8, 4) is 0 Å². The molecule has 0 saturated carbocycles. The number of nitrogens with zero attached hydrogens (tertiary/aromatic N) is 3. The molecule has 2 rings (SSSR count). The monoisotopic (exact) mass is 298 g/mol. The van der Waals surface area contributed by atoms with Crippen LogP contribution in [0.25, 0.3) is 0 Å². The molecule has 0 saturated heterocycles. The van der Waals surface area contributed by atoms with E-state index in [1.807, 2.05) is 7.05 Å². The lowest BCUT2D eigenvalue weighted by atomic mass is 10.4. The molecular formula is C11H18N6O2S. The molecule has 0 fully saturated rings. The minimum absolute atomic E-state index is 0.134. The molecule has 2 heterocycles. The summed E-state index contributed by atoms with van der Waals surface area (Å²) in [6, 6.07) is 0. The largest absolute Gasteiger partial charge is 0.337 e. The van der Waals surface area contributed by atoms with E-state index in [2.05, 4.69) is 25.2 Å². The Morgan fingerprint density at radius 2 is 2.15 bits per heavy atom. The maximum absolute atomic E-state index is 12.4. The zero-order valence-electron chi connectivity index (χ0n) is 11.6. The first-order valence-corrected chi connectivity index (χ1v) is 7.58. The van der Waals surface area contributed by atoms with Gasteiger partial charge in [0.2, 0.25) is 10.0 Å². The molecule has 20 heavy (non-hydrogen) atoms. The molecule has 0 spiro atoms. The molecule has 0 atom stereocenters. The number of imidazole rings is 1. The number of H-pyrrole nitrogens is 1. The van der Waals surface area contributed by atoms with Crippen LogP contribution in [0.15, 0.2) is 17.3 Å². The highest BCUT2D eigenvalue weighted by atomic mass is 32.2. The first-order chi connectivity index (χ1) is 9.45. The third kappa shape index (κ3) is 2.89. The molecule has 0 aliphatic rings. The number of aryl methyl sites for hydroxylation is 2. The molecular weight excluding hydrogens is 280 g/mol. The number of aromatic nitrogens is 4. The Morgan fingerprint density at radius 1 is 1.40 bits per heavy atom. The molecule has 0 aliphatic heterocycles. The van der Waals surface area contributed by atoms with E-state index in [0.29, 0.717) is 23.8 Å². The summed E-state index contributed by atoms with van der Waals surface area (Å²) in [7, 11) is -0.0809. The second kappa shape index (κ2) is 5.73. The van der Waals surface area contributed by atoms with Crippen molar-refractivity contribution < 1.29 is 8.42 Å². The second-order valence-corrected chi connectivity index (χ2v) is 6.14. The predicted molar refractivity (Wildman–Crippen MR) is 73.3 cm³/mol. The van der Waals surface area contributed by atoms with Crippen molar-refractivity contribution in [2.75, 3.05) is 7.05 Å². The average Bonchev–Trinajstić information content (AvgIpc) is 2.94. The Morgan fingerprint density at radius 3 is 2.75 bits per heavy atom. The molecule has 2 aromatic heterocycles. The zero-order valence-corrected chi connectivity index (χ0v) is 12.5. The van der Waals surface area contributed by atoms with Crippen molar-refractivity contribution >= 4 is 10.0 Å². The Hall–Kier alpha value is -1.71. The number of hydrogen-bond acceptors (Lipinski definition) is 5. The van der Waals surface area contributed by atoms with E-state index in [1.165, 1.54) is 0 Å². The van der Waals surface area contributed by atoms with Crippen LogP contribution in [0.2, 0.25) is 0 Å². The molecule has 0 unspecified atom stereocenters. The van der Waals surface area contributed by atoms with Crippen molar-refractivity contribution in [3.05, 3.63) is 29.6 Å². The Balaban J connectivity index is 2.22. The van der Waals surface area contributed by atoms with Gasteiger partial charge in [-0.2, -0.15) is 5.10 Å². The van der Waals surface area contributed by atoms with Gasteiger partial charge in [-0.25, -0.2) is 18.1 Å². The average molecular weight is 298 g/mol. The Kier molecular flexibility index (Phi) is 4.21. The molecule has 8 nitrogen and oxygen atoms in total. The number of rotatable bonds is 6. The smallest absolute Gasteiger partial charge is 0.244 e. The van der Waals surface area contributed by atoms with Crippen LogP contribution in [0.3, 0.4) is 0 Å². The lowest BCUT2D eigenvalue weighted by molar-refractivity contribution is 0.575. The molecule has 110 valence electrons. The van der Waals surface area contributed by atoms with Crippen molar-refractivity contribution in [3.63, 3.8) is 0 Å². The van der Waals surface area contributed by atoms with Crippen LogP contribution in [0.5, 0.6) is 0 Å². The SMILES string of the molecule is CNCc1n[nH]c(C)c1S(=O)(=O)NCc1nccn1C. The summed E-state index contributed by atoms with van der Waals surface area (Å²) in [5.41, 5.74) is 0.986. The van der Waals surface area contributed by atoms with Crippen LogP contribution in [0.1, 0.15) is 17.2 Å². The Bertz CT molecular complexity index is 688. The number of nitrogens with one attached hydrogen (secondary N) is 3. The molecule has 3 N–H and O–H groups in total. The van der Waals surface area contributed by atoms with E-state index in [0.717, 1.165) is 0 Å². The van der Waals surface area contributed by atoms with Gasteiger partial charge in [-0.3, -0.25) is 5.10 Å². The van der Waals surface area contributed by atoms with Gasteiger partial charge < -0.3 is 9.88 Å². The van der Waals surface area contributed by atoms with Crippen LogP contribution in [-0.2, 0) is 30.2 Å². The van der Waals surface area contributed by atoms with Crippen molar-refractivity contribution in [1.82, 2.24) is 29.8 Å². The van der Waals surface area contributed by atoms with Gasteiger partial charge in [-0.15, -0.1) is 0 Å². The predicted octanol–water partition coefficient (Wildman–Crippen LogP) is -0.350. The first-order valence-electron chi connectivity index (χ1n) is 6.10. The van der Waals surface area contributed by atoms with E-state index in [-0.39, 0.29) is 11.4 Å². The molecule has 2 aromatic rings. The van der Waals surface area contributed by atoms with Gasteiger partial charge in [0, 0.05) is 26.0 Å². The highest BCUT2D eigenvalue weighted by molar-refractivity contribution is 7.89. The van der Waals surface area contributed by atoms with Crippen LogP contribution < -0.4 is 10.0 Å². The third-order valence-corrected chi connectivity index (χ3v) is 4.52. The summed E-state index contributed by atoms with van der Waals surface area (Å²) in [4.78, 5) is 4.28. The number of sulfonamides is 1. The fourth-order valence-electron chi connectivity index (χ4n) is 1.91. The normalized spacial score (nSPS) is 11.9. The first kappa shape index (κ1) is 14.7. The van der Waals surface area contributed by atoms with Gasteiger partial charge in [0.05, 0.1) is 17.9 Å². The topological polar surface area (TPSA) is 105 Å². The molecule has 0 aromatic carbocycles. The summed E-state index contributed by atoms with van der Waals surface area (Å²) in [6.07, 6.45) is 3.39. The van der Waals surface area contributed by atoms with Gasteiger partial charge >= 0.3 is 0 Å². The summed E-state index contributed by atoms with van der Waals surface area (Å²) < 4.78 is 29.1. The van der Waals surface area contributed by atoms with Crippen molar-refractivity contribution in [2.45, 2.75) is 24.9 Å². The van der Waals surface area contributed by atoms with Crippen LogP contribution in [-0.4, -0.2) is 35.2 Å². The van der Waals surface area contributed by atoms with Crippen LogP contribution in [0.4, 0.5) is 0 Å². The quantitative estimate of drug-likeness (QED) is 0.676. The van der Waals surface area contributed by atoms with E-state index in [4.69, 9.17) is 0 Å². The van der Waals surface area contributed by atoms with Crippen LogP contribution in [0, 0.1) is 6.92 Å². The minimum atomic E-state index is -3.63. The summed E-state index contributed by atoms with van der Waals surface area (Å²) in [5, 5.41) is 9.61. The van der Waals surface area contributed by atoms with E-state index >= 15 is 0 Å². The molecule has 9 heteroatoms. The maximum Gasteiger partial charge on any atom is 0.244 e. The summed E-state index contributed by atoms with van der Waals surface area (Å²) in [6.45, 7) is 2.19. The van der Waals surface area contributed by atoms with E-state index < -0.39 is 10.0 Å². The minimum Gasteiger partial charge on any atom is -0.337 e. The van der Waals surface area contributed by atoms with Crippen molar-refractivity contribution in [2.24, 2.45) is 7.05 Å². The number of aromatic amines is 1. The summed E-state index contributed by atoms with van der Waals surface area (Å²) >= 11 is 0. The fraction of sp³-hybridized carbons (Fsp3) is 0.455.